The van der Waals surface area contributed by atoms with Gasteiger partial charge in [0.2, 0.25) is 0 Å². The van der Waals surface area contributed by atoms with E-state index in [9.17, 15) is 4.79 Å². The summed E-state index contributed by atoms with van der Waals surface area (Å²) in [6.07, 6.45) is 9.60. The molecule has 1 fully saturated rings. The molecule has 0 radical (unpaired) electrons. The molecule has 46 valence electrons. The Morgan fingerprint density at radius 2 is 2.11 bits per heavy atom. The lowest BCUT2D eigenvalue weighted by Crippen LogP contribution is -2.11. The van der Waals surface area contributed by atoms with Gasteiger partial charge in [0.25, 0.3) is 0 Å². The fourth-order valence-electron chi connectivity index (χ4n) is 1.18. The first kappa shape index (κ1) is 4.98. The number of carbonyl (C=O) groups excluding carboxylic acids is 1. The van der Waals surface area contributed by atoms with Gasteiger partial charge in [-0.3, -0.25) is 4.79 Å². The Bertz CT molecular complexity index is 207. The molecule has 1 nitrogen and oxygen atoms in total. The number of hydrogen-bond donors (Lipinski definition) is 0. The van der Waals surface area contributed by atoms with E-state index in [0.29, 0.717) is 5.78 Å². The van der Waals surface area contributed by atoms with E-state index in [0.717, 1.165) is 12.8 Å². The lowest BCUT2D eigenvalue weighted by molar-refractivity contribution is -0.118. The maximum atomic E-state index is 11.0. The topological polar surface area (TPSA) is 17.1 Å². The minimum absolute atomic E-state index is 0.0191. The zero-order chi connectivity index (χ0) is 6.32. The van der Waals surface area contributed by atoms with Crippen LogP contribution in [0.5, 0.6) is 0 Å². The molecule has 0 aliphatic heterocycles. The normalized spacial score (nSPS) is 27.3. The Balaban J connectivity index is 2.36. The van der Waals surface area contributed by atoms with E-state index in [1.54, 1.807) is 6.08 Å². The molecule has 2 rings (SSSR count). The summed E-state index contributed by atoms with van der Waals surface area (Å²) in [6.45, 7) is 0. The summed E-state index contributed by atoms with van der Waals surface area (Å²) in [4.78, 5) is 11.0. The minimum atomic E-state index is -0.0191. The number of allylic oxidation sites excluding steroid dienone is 4. The Morgan fingerprint density at radius 1 is 1.33 bits per heavy atom. The lowest BCUT2D eigenvalue weighted by atomic mass is 9.97. The van der Waals surface area contributed by atoms with Crippen LogP contribution >= 0.6 is 0 Å². The molecule has 2 aliphatic carbocycles. The van der Waals surface area contributed by atoms with Gasteiger partial charge in [0.1, 0.15) is 0 Å². The van der Waals surface area contributed by atoms with Crippen molar-refractivity contribution in [3.8, 4) is 0 Å². The smallest absolute Gasteiger partial charge is 0.165 e. The van der Waals surface area contributed by atoms with Crippen LogP contribution in [-0.2, 0) is 4.79 Å². The molecule has 0 unspecified atom stereocenters. The van der Waals surface area contributed by atoms with Gasteiger partial charge < -0.3 is 0 Å². The largest absolute Gasteiger partial charge is 0.294 e. The Morgan fingerprint density at radius 3 is 2.56 bits per heavy atom. The number of hydrogen-bond acceptors (Lipinski definition) is 1. The van der Waals surface area contributed by atoms with Crippen molar-refractivity contribution in [2.75, 3.05) is 0 Å². The molecule has 0 heterocycles. The van der Waals surface area contributed by atoms with Gasteiger partial charge in [0.15, 0.2) is 5.78 Å². The Hall–Kier alpha value is -0.850. The molecule has 1 heteroatoms. The summed E-state index contributed by atoms with van der Waals surface area (Å²) >= 11 is 0. The van der Waals surface area contributed by atoms with Crippen molar-refractivity contribution in [3.05, 3.63) is 24.3 Å². The van der Waals surface area contributed by atoms with Crippen molar-refractivity contribution in [2.45, 2.75) is 12.8 Å². The summed E-state index contributed by atoms with van der Waals surface area (Å²) in [5.41, 5.74) is -0.0191. The predicted octanol–water partition coefficient (Wildman–Crippen LogP) is 1.46. The van der Waals surface area contributed by atoms with Crippen LogP contribution in [0.25, 0.3) is 0 Å². The molecule has 0 saturated heterocycles. The van der Waals surface area contributed by atoms with Crippen LogP contribution in [0, 0.1) is 5.41 Å². The van der Waals surface area contributed by atoms with Gasteiger partial charge in [-0.1, -0.05) is 18.2 Å². The van der Waals surface area contributed by atoms with E-state index in [1.807, 2.05) is 18.2 Å². The number of rotatable bonds is 0. The highest BCUT2D eigenvalue weighted by Crippen LogP contribution is 2.49. The van der Waals surface area contributed by atoms with Gasteiger partial charge in [-0.15, -0.1) is 0 Å². The second kappa shape index (κ2) is 1.35. The van der Waals surface area contributed by atoms with Crippen molar-refractivity contribution in [1.82, 2.24) is 0 Å². The van der Waals surface area contributed by atoms with Crippen molar-refractivity contribution >= 4 is 5.78 Å². The van der Waals surface area contributed by atoms with Crippen LogP contribution in [0.1, 0.15) is 12.8 Å². The van der Waals surface area contributed by atoms with Crippen LogP contribution in [0.3, 0.4) is 0 Å². The molecule has 1 saturated carbocycles. The van der Waals surface area contributed by atoms with Crippen molar-refractivity contribution < 1.29 is 4.79 Å². The first-order chi connectivity index (χ1) is 4.33. The maximum Gasteiger partial charge on any atom is 0.165 e. The van der Waals surface area contributed by atoms with E-state index < -0.39 is 0 Å². The third kappa shape index (κ3) is 0.576. The van der Waals surface area contributed by atoms with Gasteiger partial charge >= 0.3 is 0 Å². The molecule has 0 amide bonds. The summed E-state index contributed by atoms with van der Waals surface area (Å²) < 4.78 is 0. The molecule has 2 aliphatic rings. The Kier molecular flexibility index (Phi) is 0.747. The van der Waals surface area contributed by atoms with Crippen molar-refractivity contribution in [1.29, 1.82) is 0 Å². The monoisotopic (exact) mass is 120 g/mol. The molecule has 0 bridgehead atoms. The van der Waals surface area contributed by atoms with Crippen LogP contribution < -0.4 is 0 Å². The highest BCUT2D eigenvalue weighted by atomic mass is 16.1. The van der Waals surface area contributed by atoms with Gasteiger partial charge in [-0.05, 0) is 18.9 Å². The van der Waals surface area contributed by atoms with Crippen LogP contribution in [0.4, 0.5) is 0 Å². The summed E-state index contributed by atoms with van der Waals surface area (Å²) in [5, 5.41) is 0. The predicted molar refractivity (Wildman–Crippen MR) is 35.0 cm³/mol. The zero-order valence-corrected chi connectivity index (χ0v) is 5.13. The number of carbonyl (C=O) groups is 1. The standard InChI is InChI=1S/C8H8O/c9-7-3-1-2-4-8(7)5-6-8/h1-4H,5-6H2. The van der Waals surface area contributed by atoms with Crippen LogP contribution in [0.2, 0.25) is 0 Å². The molecule has 9 heavy (non-hydrogen) atoms. The zero-order valence-electron chi connectivity index (χ0n) is 5.13. The van der Waals surface area contributed by atoms with E-state index in [4.69, 9.17) is 0 Å². The third-order valence-electron chi connectivity index (χ3n) is 2.05. The van der Waals surface area contributed by atoms with E-state index in [2.05, 4.69) is 0 Å². The van der Waals surface area contributed by atoms with Gasteiger partial charge in [0, 0.05) is 0 Å². The molecule has 0 aromatic carbocycles. The molecule has 0 atom stereocenters. The fourth-order valence-corrected chi connectivity index (χ4v) is 1.18. The quantitative estimate of drug-likeness (QED) is 0.473. The summed E-state index contributed by atoms with van der Waals surface area (Å²) in [6, 6.07) is 0. The number of ketones is 1. The van der Waals surface area contributed by atoms with Crippen molar-refractivity contribution in [2.24, 2.45) is 5.41 Å². The van der Waals surface area contributed by atoms with Crippen LogP contribution in [0.15, 0.2) is 24.3 Å². The molecule has 1 spiro atoms. The fraction of sp³-hybridized carbons (Fsp3) is 0.375. The summed E-state index contributed by atoms with van der Waals surface area (Å²) in [5.74, 6) is 0.296. The van der Waals surface area contributed by atoms with E-state index in [-0.39, 0.29) is 5.41 Å². The molecular formula is C8H8O. The summed E-state index contributed by atoms with van der Waals surface area (Å²) in [7, 11) is 0. The van der Waals surface area contributed by atoms with Crippen molar-refractivity contribution in [3.63, 3.8) is 0 Å². The second-order valence-corrected chi connectivity index (χ2v) is 2.74. The SMILES string of the molecule is O=C1C=CC=CC12CC2. The minimum Gasteiger partial charge on any atom is -0.294 e. The average molecular weight is 120 g/mol. The van der Waals surface area contributed by atoms with Gasteiger partial charge in [-0.2, -0.15) is 0 Å². The Labute approximate surface area is 54.1 Å². The van der Waals surface area contributed by atoms with E-state index >= 15 is 0 Å². The highest BCUT2D eigenvalue weighted by molar-refractivity contribution is 5.99. The van der Waals surface area contributed by atoms with E-state index in [1.165, 1.54) is 0 Å². The first-order valence-corrected chi connectivity index (χ1v) is 3.24. The average Bonchev–Trinajstić information content (AvgIpc) is 2.60. The maximum absolute atomic E-state index is 11.0. The first-order valence-electron chi connectivity index (χ1n) is 3.24. The van der Waals surface area contributed by atoms with Gasteiger partial charge in [0.05, 0.1) is 5.41 Å². The molecular weight excluding hydrogens is 112 g/mol. The lowest BCUT2D eigenvalue weighted by Gasteiger charge is -2.06. The molecule has 0 aromatic rings. The highest BCUT2D eigenvalue weighted by Gasteiger charge is 2.46. The van der Waals surface area contributed by atoms with Gasteiger partial charge in [-0.25, -0.2) is 0 Å². The molecule has 0 N–H and O–H groups in total. The third-order valence-corrected chi connectivity index (χ3v) is 2.05. The van der Waals surface area contributed by atoms with Crippen LogP contribution in [-0.4, -0.2) is 5.78 Å². The second-order valence-electron chi connectivity index (χ2n) is 2.74. The molecule has 0 aromatic heterocycles.